The van der Waals surface area contributed by atoms with Crippen molar-refractivity contribution in [2.24, 2.45) is 5.41 Å². The molecule has 1 aromatic rings. The lowest BCUT2D eigenvalue weighted by molar-refractivity contribution is -0.133. The molecule has 2 fully saturated rings. The molecule has 0 radical (unpaired) electrons. The number of carboxylic acid groups (broad SMARTS) is 1. The van der Waals surface area contributed by atoms with Gasteiger partial charge >= 0.3 is 5.97 Å². The number of hydrogen-bond acceptors (Lipinski definition) is 3. The molecule has 1 heterocycles. The summed E-state index contributed by atoms with van der Waals surface area (Å²) in [6.45, 7) is 1.87. The predicted molar refractivity (Wildman–Crippen MR) is 79.2 cm³/mol. The number of anilines is 1. The summed E-state index contributed by atoms with van der Waals surface area (Å²) >= 11 is 3.32. The lowest BCUT2D eigenvalue weighted by Gasteiger charge is -2.47. The van der Waals surface area contributed by atoms with Crippen molar-refractivity contribution < 1.29 is 14.7 Å². The van der Waals surface area contributed by atoms with Crippen molar-refractivity contribution in [2.45, 2.75) is 25.7 Å². The number of benzene rings is 1. The summed E-state index contributed by atoms with van der Waals surface area (Å²) in [6.07, 6.45) is 3.61. The van der Waals surface area contributed by atoms with Gasteiger partial charge in [-0.2, -0.15) is 0 Å². The molecule has 1 spiro atoms. The lowest BCUT2D eigenvalue weighted by atomic mass is 9.62. The summed E-state index contributed by atoms with van der Waals surface area (Å²) in [5.41, 5.74) is 1.60. The predicted octanol–water partition coefficient (Wildman–Crippen LogP) is 3.10. The van der Waals surface area contributed by atoms with E-state index in [1.165, 1.54) is 0 Å². The van der Waals surface area contributed by atoms with E-state index in [-0.39, 0.29) is 11.0 Å². The number of piperidine rings is 1. The highest BCUT2D eigenvalue weighted by Crippen LogP contribution is 2.47. The van der Waals surface area contributed by atoms with E-state index in [0.717, 1.165) is 44.5 Å². The largest absolute Gasteiger partial charge is 0.478 e. The molecule has 0 bridgehead atoms. The van der Waals surface area contributed by atoms with E-state index in [4.69, 9.17) is 5.11 Å². The second kappa shape index (κ2) is 4.88. The summed E-state index contributed by atoms with van der Waals surface area (Å²) in [6, 6.07) is 5.37. The highest BCUT2D eigenvalue weighted by molar-refractivity contribution is 9.10. The molecule has 2 aliphatic rings. The Labute approximate surface area is 125 Å². The van der Waals surface area contributed by atoms with Crippen LogP contribution in [0.5, 0.6) is 0 Å². The Morgan fingerprint density at radius 3 is 2.40 bits per heavy atom. The number of halogens is 1. The average Bonchev–Trinajstić information content (AvgIpc) is 2.37. The molecule has 0 atom stereocenters. The number of carbonyl (C=O) groups is 2. The summed E-state index contributed by atoms with van der Waals surface area (Å²) in [5.74, 6) is -0.527. The van der Waals surface area contributed by atoms with Crippen molar-refractivity contribution in [3.8, 4) is 0 Å². The number of carboxylic acids is 1. The van der Waals surface area contributed by atoms with Crippen LogP contribution in [-0.4, -0.2) is 29.9 Å². The SMILES string of the molecule is O=C1CC2(CCN(c3ccc(C(=O)O)c(Br)c3)CC2)C1. The summed E-state index contributed by atoms with van der Waals surface area (Å²) < 4.78 is 0.613. The fraction of sp³-hybridized carbons (Fsp3) is 0.467. The molecule has 1 saturated heterocycles. The van der Waals surface area contributed by atoms with E-state index >= 15 is 0 Å². The number of carbonyl (C=O) groups excluding carboxylic acids is 1. The standard InChI is InChI=1S/C15H16BrNO3/c16-13-7-10(1-2-12(13)14(19)20)17-5-3-15(4-6-17)8-11(18)9-15/h1-2,7H,3-6,8-9H2,(H,19,20). The van der Waals surface area contributed by atoms with Crippen LogP contribution in [0.25, 0.3) is 0 Å². The molecular weight excluding hydrogens is 322 g/mol. The quantitative estimate of drug-likeness (QED) is 0.900. The van der Waals surface area contributed by atoms with Crippen molar-refractivity contribution in [3.63, 3.8) is 0 Å². The van der Waals surface area contributed by atoms with Crippen LogP contribution in [0.1, 0.15) is 36.0 Å². The minimum absolute atomic E-state index is 0.270. The van der Waals surface area contributed by atoms with Gasteiger partial charge in [0.1, 0.15) is 5.78 Å². The molecule has 5 heteroatoms. The fourth-order valence-corrected chi connectivity index (χ4v) is 3.79. The zero-order valence-electron chi connectivity index (χ0n) is 11.1. The third-order valence-electron chi connectivity index (χ3n) is 4.52. The molecule has 0 unspecified atom stereocenters. The monoisotopic (exact) mass is 337 g/mol. The second-order valence-corrected chi connectivity index (χ2v) is 6.70. The Morgan fingerprint density at radius 2 is 1.90 bits per heavy atom. The third-order valence-corrected chi connectivity index (χ3v) is 5.17. The molecule has 0 aromatic heterocycles. The van der Waals surface area contributed by atoms with E-state index < -0.39 is 5.97 Å². The van der Waals surface area contributed by atoms with Gasteiger partial charge in [-0.3, -0.25) is 4.79 Å². The molecule has 106 valence electrons. The van der Waals surface area contributed by atoms with Crippen LogP contribution in [0, 0.1) is 5.41 Å². The van der Waals surface area contributed by atoms with E-state index in [2.05, 4.69) is 20.8 Å². The van der Waals surface area contributed by atoms with E-state index in [0.29, 0.717) is 10.3 Å². The van der Waals surface area contributed by atoms with Crippen molar-refractivity contribution >= 4 is 33.4 Å². The molecule has 4 nitrogen and oxygen atoms in total. The molecule has 1 aliphatic carbocycles. The van der Waals surface area contributed by atoms with Gasteiger partial charge in [0.2, 0.25) is 0 Å². The molecule has 0 amide bonds. The van der Waals surface area contributed by atoms with Crippen molar-refractivity contribution in [1.82, 2.24) is 0 Å². The van der Waals surface area contributed by atoms with Crippen LogP contribution in [-0.2, 0) is 4.79 Å². The maximum atomic E-state index is 11.2. The van der Waals surface area contributed by atoms with E-state index in [1.54, 1.807) is 6.07 Å². The van der Waals surface area contributed by atoms with E-state index in [9.17, 15) is 9.59 Å². The van der Waals surface area contributed by atoms with Gasteiger partial charge in [0.05, 0.1) is 5.56 Å². The number of hydrogen-bond donors (Lipinski definition) is 1. The van der Waals surface area contributed by atoms with Gasteiger partial charge in [0.25, 0.3) is 0 Å². The van der Waals surface area contributed by atoms with Crippen LogP contribution in [0.3, 0.4) is 0 Å². The first-order chi connectivity index (χ1) is 9.49. The number of rotatable bonds is 2. The Kier molecular flexibility index (Phi) is 3.32. The van der Waals surface area contributed by atoms with Gasteiger partial charge in [-0.25, -0.2) is 4.79 Å². The molecule has 1 saturated carbocycles. The second-order valence-electron chi connectivity index (χ2n) is 5.85. The van der Waals surface area contributed by atoms with Crippen LogP contribution in [0.15, 0.2) is 22.7 Å². The van der Waals surface area contributed by atoms with Gasteiger partial charge in [-0.05, 0) is 52.4 Å². The van der Waals surface area contributed by atoms with Gasteiger partial charge in [-0.1, -0.05) is 0 Å². The molecule has 1 N–H and O–H groups in total. The first-order valence-corrected chi connectivity index (χ1v) is 7.58. The first-order valence-electron chi connectivity index (χ1n) is 6.79. The Balaban J connectivity index is 1.70. The zero-order chi connectivity index (χ0) is 14.3. The summed E-state index contributed by atoms with van der Waals surface area (Å²) in [5, 5.41) is 9.02. The minimum Gasteiger partial charge on any atom is -0.478 e. The lowest BCUT2D eigenvalue weighted by Crippen LogP contribution is -2.47. The van der Waals surface area contributed by atoms with Gasteiger partial charge < -0.3 is 10.0 Å². The molecule has 1 aromatic carbocycles. The highest BCUT2D eigenvalue weighted by Gasteiger charge is 2.45. The van der Waals surface area contributed by atoms with Crippen molar-refractivity contribution in [3.05, 3.63) is 28.2 Å². The van der Waals surface area contributed by atoms with Crippen molar-refractivity contribution in [1.29, 1.82) is 0 Å². The number of ketones is 1. The van der Waals surface area contributed by atoms with E-state index in [1.807, 2.05) is 12.1 Å². The molecule has 1 aliphatic heterocycles. The maximum Gasteiger partial charge on any atom is 0.336 e. The molecule has 20 heavy (non-hydrogen) atoms. The molecule has 3 rings (SSSR count). The third kappa shape index (κ3) is 2.35. The minimum atomic E-state index is -0.922. The zero-order valence-corrected chi connectivity index (χ0v) is 12.6. The Bertz CT molecular complexity index is 566. The van der Waals surface area contributed by atoms with Crippen LogP contribution in [0.4, 0.5) is 5.69 Å². The maximum absolute atomic E-state index is 11.2. The highest BCUT2D eigenvalue weighted by atomic mass is 79.9. The number of Topliss-reactive ketones (excluding diaryl/α,β-unsaturated/α-hetero) is 1. The Hall–Kier alpha value is -1.36. The smallest absolute Gasteiger partial charge is 0.336 e. The fourth-order valence-electron chi connectivity index (χ4n) is 3.25. The Morgan fingerprint density at radius 1 is 1.25 bits per heavy atom. The summed E-state index contributed by atoms with van der Waals surface area (Å²) in [7, 11) is 0. The van der Waals surface area contributed by atoms with Crippen molar-refractivity contribution in [2.75, 3.05) is 18.0 Å². The number of nitrogens with zero attached hydrogens (tertiary/aromatic N) is 1. The van der Waals surface area contributed by atoms with Gasteiger partial charge in [-0.15, -0.1) is 0 Å². The van der Waals surface area contributed by atoms with Gasteiger partial charge in [0, 0.05) is 36.1 Å². The summed E-state index contributed by atoms with van der Waals surface area (Å²) in [4.78, 5) is 24.5. The van der Waals surface area contributed by atoms with Gasteiger partial charge in [0.15, 0.2) is 0 Å². The molecular formula is C15H16BrNO3. The average molecular weight is 338 g/mol. The van der Waals surface area contributed by atoms with Crippen LogP contribution >= 0.6 is 15.9 Å². The van der Waals surface area contributed by atoms with Crippen LogP contribution < -0.4 is 4.90 Å². The van der Waals surface area contributed by atoms with Crippen LogP contribution in [0.2, 0.25) is 0 Å². The first kappa shape index (κ1) is 13.6. The topological polar surface area (TPSA) is 57.6 Å². The normalized spacial score (nSPS) is 20.9. The number of aromatic carboxylic acids is 1.